The average molecular weight is 290 g/mol. The number of terminal acetylenes is 1. The molecule has 1 rings (SSSR count). The van der Waals surface area contributed by atoms with Gasteiger partial charge in [-0.05, 0) is 40.7 Å². The van der Waals surface area contributed by atoms with Crippen LogP contribution in [0.15, 0.2) is 18.2 Å². The van der Waals surface area contributed by atoms with Crippen molar-refractivity contribution in [3.63, 3.8) is 0 Å². The second-order valence-corrected chi connectivity index (χ2v) is 5.43. The van der Waals surface area contributed by atoms with Gasteiger partial charge in [0.05, 0.1) is 16.6 Å². The first-order chi connectivity index (χ1) is 9.77. The van der Waals surface area contributed by atoms with Crippen LogP contribution in [0.3, 0.4) is 0 Å². The first-order valence-electron chi connectivity index (χ1n) is 6.97. The van der Waals surface area contributed by atoms with Crippen LogP contribution in [-0.2, 0) is 0 Å². The third kappa shape index (κ3) is 4.20. The van der Waals surface area contributed by atoms with E-state index < -0.39 is 4.92 Å². The molecule has 0 heterocycles. The lowest BCUT2D eigenvalue weighted by Gasteiger charge is -2.36. The Labute approximate surface area is 126 Å². The molecule has 1 aromatic rings. The molecule has 0 saturated heterocycles. The normalized spacial score (nSPS) is 12.5. The molecule has 0 N–H and O–H groups in total. The summed E-state index contributed by atoms with van der Waals surface area (Å²) < 4.78 is 5.89. The van der Waals surface area contributed by atoms with Crippen molar-refractivity contribution >= 4 is 5.69 Å². The molecule has 0 saturated carbocycles. The predicted octanol–water partition coefficient (Wildman–Crippen LogP) is 3.42. The second-order valence-electron chi connectivity index (χ2n) is 5.43. The van der Waals surface area contributed by atoms with Gasteiger partial charge in [0.15, 0.2) is 0 Å². The minimum atomic E-state index is -0.458. The van der Waals surface area contributed by atoms with E-state index in [0.717, 1.165) is 0 Å². The molecule has 0 aromatic heterocycles. The number of hydrogen-bond donors (Lipinski definition) is 0. The van der Waals surface area contributed by atoms with E-state index >= 15 is 0 Å². The Hall–Kier alpha value is -2.06. The maximum absolute atomic E-state index is 10.9. The largest absolute Gasteiger partial charge is 0.474 e. The summed E-state index contributed by atoms with van der Waals surface area (Å²) >= 11 is 0. The van der Waals surface area contributed by atoms with E-state index in [4.69, 9.17) is 11.2 Å². The van der Waals surface area contributed by atoms with Gasteiger partial charge in [0.25, 0.3) is 5.69 Å². The van der Waals surface area contributed by atoms with E-state index in [1.54, 1.807) is 0 Å². The van der Waals surface area contributed by atoms with Gasteiger partial charge < -0.3 is 4.74 Å². The van der Waals surface area contributed by atoms with Crippen LogP contribution in [0.2, 0.25) is 0 Å². The topological polar surface area (TPSA) is 55.6 Å². The molecule has 0 bridgehead atoms. The molecule has 1 unspecified atom stereocenters. The van der Waals surface area contributed by atoms with Crippen LogP contribution in [0, 0.1) is 22.5 Å². The van der Waals surface area contributed by atoms with Crippen molar-refractivity contribution in [1.82, 2.24) is 4.90 Å². The molecule has 1 aromatic carbocycles. The highest BCUT2D eigenvalue weighted by Crippen LogP contribution is 2.26. The van der Waals surface area contributed by atoms with Crippen molar-refractivity contribution in [2.24, 2.45) is 0 Å². The third-order valence-corrected chi connectivity index (χ3v) is 3.24. The molecule has 0 aliphatic rings. The fourth-order valence-corrected chi connectivity index (χ4v) is 2.52. The lowest BCUT2D eigenvalue weighted by Crippen LogP contribution is -2.46. The van der Waals surface area contributed by atoms with E-state index in [-0.39, 0.29) is 24.0 Å². The van der Waals surface area contributed by atoms with Crippen molar-refractivity contribution < 1.29 is 9.66 Å². The summed E-state index contributed by atoms with van der Waals surface area (Å²) in [5.41, 5.74) is 0.483. The van der Waals surface area contributed by atoms with Crippen LogP contribution < -0.4 is 4.74 Å². The molecular formula is C16H22N2O3. The Kier molecular flexibility index (Phi) is 5.74. The molecular weight excluding hydrogens is 268 g/mol. The summed E-state index contributed by atoms with van der Waals surface area (Å²) in [7, 11) is 0. The molecule has 0 amide bonds. The standard InChI is InChI=1S/C16H22N2O3/c1-7-14-8-9-15(18(19)20)10-16(14)21-13(6)17(11(2)3)12(4)5/h1,8-13H,2-6H3. The van der Waals surface area contributed by atoms with Crippen molar-refractivity contribution in [3.05, 3.63) is 33.9 Å². The van der Waals surface area contributed by atoms with Crippen LogP contribution >= 0.6 is 0 Å². The van der Waals surface area contributed by atoms with Gasteiger partial charge in [-0.1, -0.05) is 5.92 Å². The number of benzene rings is 1. The summed E-state index contributed by atoms with van der Waals surface area (Å²) in [6.45, 7) is 10.2. The van der Waals surface area contributed by atoms with E-state index in [1.165, 1.54) is 18.2 Å². The van der Waals surface area contributed by atoms with Crippen molar-refractivity contribution in [2.75, 3.05) is 0 Å². The molecule has 0 spiro atoms. The van der Waals surface area contributed by atoms with Crippen LogP contribution in [0.4, 0.5) is 5.69 Å². The van der Waals surface area contributed by atoms with Crippen molar-refractivity contribution in [3.8, 4) is 18.1 Å². The molecule has 5 nitrogen and oxygen atoms in total. The van der Waals surface area contributed by atoms with Crippen LogP contribution in [-0.4, -0.2) is 28.1 Å². The van der Waals surface area contributed by atoms with Gasteiger partial charge in [-0.25, -0.2) is 0 Å². The highest BCUT2D eigenvalue weighted by atomic mass is 16.6. The number of nitro benzene ring substituents is 1. The fraction of sp³-hybridized carbons (Fsp3) is 0.500. The van der Waals surface area contributed by atoms with Crippen molar-refractivity contribution in [2.45, 2.75) is 52.9 Å². The number of non-ortho nitro benzene ring substituents is 1. The minimum Gasteiger partial charge on any atom is -0.474 e. The van der Waals surface area contributed by atoms with Gasteiger partial charge in [-0.15, -0.1) is 6.42 Å². The number of rotatable bonds is 6. The highest BCUT2D eigenvalue weighted by Gasteiger charge is 2.23. The van der Waals surface area contributed by atoms with Crippen LogP contribution in [0.1, 0.15) is 40.2 Å². The molecule has 0 radical (unpaired) electrons. The van der Waals surface area contributed by atoms with Gasteiger partial charge in [0, 0.05) is 18.2 Å². The van der Waals surface area contributed by atoms with Gasteiger partial charge >= 0.3 is 0 Å². The Bertz CT molecular complexity index is 539. The molecule has 0 fully saturated rings. The average Bonchev–Trinajstić information content (AvgIpc) is 2.37. The van der Waals surface area contributed by atoms with E-state index in [2.05, 4.69) is 38.5 Å². The zero-order valence-corrected chi connectivity index (χ0v) is 13.2. The van der Waals surface area contributed by atoms with Gasteiger partial charge in [-0.3, -0.25) is 15.0 Å². The Morgan fingerprint density at radius 1 is 1.24 bits per heavy atom. The molecule has 21 heavy (non-hydrogen) atoms. The van der Waals surface area contributed by atoms with Gasteiger partial charge in [0.2, 0.25) is 0 Å². The van der Waals surface area contributed by atoms with Crippen LogP contribution in [0.5, 0.6) is 5.75 Å². The molecule has 114 valence electrons. The third-order valence-electron chi connectivity index (χ3n) is 3.24. The maximum atomic E-state index is 10.9. The lowest BCUT2D eigenvalue weighted by molar-refractivity contribution is -0.385. The second kappa shape index (κ2) is 7.09. The predicted molar refractivity (Wildman–Crippen MR) is 83.2 cm³/mol. The first kappa shape index (κ1) is 17.0. The number of nitro groups is 1. The first-order valence-corrected chi connectivity index (χ1v) is 6.97. The minimum absolute atomic E-state index is 0.0307. The molecule has 1 atom stereocenters. The summed E-state index contributed by atoms with van der Waals surface area (Å²) in [6, 6.07) is 4.87. The number of ether oxygens (including phenoxy) is 1. The zero-order valence-electron chi connectivity index (χ0n) is 13.2. The van der Waals surface area contributed by atoms with Gasteiger partial charge in [0.1, 0.15) is 12.0 Å². The quantitative estimate of drug-likeness (QED) is 0.348. The summed E-state index contributed by atoms with van der Waals surface area (Å²) in [4.78, 5) is 12.6. The molecule has 0 aliphatic heterocycles. The maximum Gasteiger partial charge on any atom is 0.273 e. The molecule has 5 heteroatoms. The monoisotopic (exact) mass is 290 g/mol. The number of hydrogen-bond acceptors (Lipinski definition) is 4. The van der Waals surface area contributed by atoms with Crippen molar-refractivity contribution in [1.29, 1.82) is 0 Å². The highest BCUT2D eigenvalue weighted by molar-refractivity contribution is 5.51. The zero-order chi connectivity index (χ0) is 16.2. The Morgan fingerprint density at radius 3 is 2.24 bits per heavy atom. The Balaban J connectivity index is 3.08. The van der Waals surface area contributed by atoms with E-state index in [9.17, 15) is 10.1 Å². The van der Waals surface area contributed by atoms with E-state index in [0.29, 0.717) is 11.3 Å². The SMILES string of the molecule is C#Cc1ccc([N+](=O)[O-])cc1OC(C)N(C(C)C)C(C)C. The van der Waals surface area contributed by atoms with Gasteiger partial charge in [-0.2, -0.15) is 0 Å². The molecule has 0 aliphatic carbocycles. The summed E-state index contributed by atoms with van der Waals surface area (Å²) in [6.07, 6.45) is 5.20. The van der Waals surface area contributed by atoms with Crippen LogP contribution in [0.25, 0.3) is 0 Å². The summed E-state index contributed by atoms with van der Waals surface area (Å²) in [5.74, 6) is 2.86. The fourth-order valence-electron chi connectivity index (χ4n) is 2.52. The lowest BCUT2D eigenvalue weighted by atomic mass is 10.2. The summed E-state index contributed by atoms with van der Waals surface area (Å²) in [5, 5.41) is 10.9. The Morgan fingerprint density at radius 2 is 1.81 bits per heavy atom. The smallest absolute Gasteiger partial charge is 0.273 e. The van der Waals surface area contributed by atoms with E-state index in [1.807, 2.05) is 6.92 Å². The number of nitrogens with zero attached hydrogens (tertiary/aromatic N) is 2.